The van der Waals surface area contributed by atoms with Crippen molar-refractivity contribution >= 4 is 17.2 Å². The summed E-state index contributed by atoms with van der Waals surface area (Å²) < 4.78 is 11.0. The maximum absolute atomic E-state index is 12.2. The van der Waals surface area contributed by atoms with Crippen LogP contribution in [0.3, 0.4) is 0 Å². The molecule has 1 amide bonds. The number of hydrogen-bond donors (Lipinski definition) is 2. The van der Waals surface area contributed by atoms with Gasteiger partial charge in [0.1, 0.15) is 6.61 Å². The molecule has 2 aromatic rings. The van der Waals surface area contributed by atoms with E-state index in [9.17, 15) is 4.79 Å². The molecule has 0 saturated carbocycles. The van der Waals surface area contributed by atoms with Gasteiger partial charge < -0.3 is 20.1 Å². The van der Waals surface area contributed by atoms with Gasteiger partial charge >= 0.3 is 0 Å². The lowest BCUT2D eigenvalue weighted by atomic mass is 10.2. The van der Waals surface area contributed by atoms with Gasteiger partial charge in [-0.2, -0.15) is 0 Å². The Balaban J connectivity index is 1.98. The van der Waals surface area contributed by atoms with E-state index in [0.29, 0.717) is 30.2 Å². The first-order valence-corrected chi connectivity index (χ1v) is 8.77. The van der Waals surface area contributed by atoms with Crippen LogP contribution in [-0.4, -0.2) is 37.1 Å². The molecular formula is C17H23N3O3S. The summed E-state index contributed by atoms with van der Waals surface area (Å²) in [6.07, 6.45) is 0. The highest BCUT2D eigenvalue weighted by molar-refractivity contribution is 7.07. The molecule has 7 heteroatoms. The molecule has 1 aromatic carbocycles. The number of carbonyl (C=O) groups excluding carboxylic acids is 1. The minimum absolute atomic E-state index is 0.135. The zero-order valence-corrected chi connectivity index (χ0v) is 15.0. The number of rotatable bonds is 9. The number of thiazole rings is 1. The molecule has 0 unspecified atom stereocenters. The van der Waals surface area contributed by atoms with Gasteiger partial charge in [0.25, 0.3) is 5.91 Å². The summed E-state index contributed by atoms with van der Waals surface area (Å²) in [5.74, 6) is 0.977. The number of ether oxygens (including phenoxy) is 2. The van der Waals surface area contributed by atoms with Crippen molar-refractivity contribution in [1.82, 2.24) is 15.6 Å². The fourth-order valence-corrected chi connectivity index (χ4v) is 2.70. The smallest absolute Gasteiger partial charge is 0.251 e. The minimum Gasteiger partial charge on any atom is -0.493 e. The zero-order chi connectivity index (χ0) is 17.4. The molecule has 0 aliphatic carbocycles. The Morgan fingerprint density at radius 1 is 1.38 bits per heavy atom. The number of methoxy groups -OCH3 is 1. The number of benzene rings is 1. The quantitative estimate of drug-likeness (QED) is 0.728. The molecule has 1 atom stereocenters. The summed E-state index contributed by atoms with van der Waals surface area (Å²) in [4.78, 5) is 16.4. The largest absolute Gasteiger partial charge is 0.493 e. The molecule has 2 N–H and O–H groups in total. The van der Waals surface area contributed by atoms with Crippen molar-refractivity contribution in [2.75, 3.05) is 20.2 Å². The van der Waals surface area contributed by atoms with Gasteiger partial charge in [0, 0.05) is 23.5 Å². The average Bonchev–Trinajstić information content (AvgIpc) is 3.11. The van der Waals surface area contributed by atoms with Gasteiger partial charge in [0.15, 0.2) is 11.5 Å². The topological polar surface area (TPSA) is 72.5 Å². The third kappa shape index (κ3) is 5.21. The van der Waals surface area contributed by atoms with Crippen LogP contribution in [0.1, 0.15) is 29.9 Å². The van der Waals surface area contributed by atoms with Gasteiger partial charge in [-0.05, 0) is 31.7 Å². The van der Waals surface area contributed by atoms with Crippen LogP contribution < -0.4 is 20.1 Å². The van der Waals surface area contributed by atoms with Crippen molar-refractivity contribution in [3.8, 4) is 11.5 Å². The Labute approximate surface area is 146 Å². The van der Waals surface area contributed by atoms with Gasteiger partial charge in [-0.25, -0.2) is 4.98 Å². The first-order chi connectivity index (χ1) is 11.6. The van der Waals surface area contributed by atoms with Crippen molar-refractivity contribution < 1.29 is 14.3 Å². The predicted octanol–water partition coefficient (Wildman–Crippen LogP) is 2.46. The fourth-order valence-electron chi connectivity index (χ4n) is 2.16. The molecule has 0 aliphatic heterocycles. The van der Waals surface area contributed by atoms with Crippen LogP contribution in [0.4, 0.5) is 0 Å². The minimum atomic E-state index is -0.135. The molecular weight excluding hydrogens is 326 g/mol. The van der Waals surface area contributed by atoms with E-state index in [1.807, 2.05) is 19.2 Å². The van der Waals surface area contributed by atoms with Crippen LogP contribution in [0, 0.1) is 0 Å². The van der Waals surface area contributed by atoms with E-state index in [0.717, 1.165) is 12.2 Å². The molecule has 1 aromatic heterocycles. The predicted molar refractivity (Wildman–Crippen MR) is 94.9 cm³/mol. The van der Waals surface area contributed by atoms with E-state index in [1.165, 1.54) is 11.3 Å². The number of aromatic nitrogens is 1. The van der Waals surface area contributed by atoms with E-state index in [1.54, 1.807) is 30.8 Å². The van der Waals surface area contributed by atoms with E-state index < -0.39 is 0 Å². The molecule has 1 heterocycles. The second-order valence-corrected chi connectivity index (χ2v) is 6.02. The van der Waals surface area contributed by atoms with E-state index in [2.05, 4.69) is 15.6 Å². The normalized spacial score (nSPS) is 11.8. The van der Waals surface area contributed by atoms with E-state index in [4.69, 9.17) is 9.47 Å². The van der Waals surface area contributed by atoms with Gasteiger partial charge in [-0.3, -0.25) is 4.79 Å². The first-order valence-electron chi connectivity index (χ1n) is 7.83. The molecule has 2 rings (SSSR count). The summed E-state index contributed by atoms with van der Waals surface area (Å²) in [7, 11) is 1.56. The van der Waals surface area contributed by atoms with Crippen molar-refractivity contribution in [3.63, 3.8) is 0 Å². The maximum atomic E-state index is 12.2. The highest BCUT2D eigenvalue weighted by Gasteiger charge is 2.12. The van der Waals surface area contributed by atoms with Crippen LogP contribution in [0.5, 0.6) is 11.5 Å². The van der Waals surface area contributed by atoms with Gasteiger partial charge in [0.2, 0.25) is 0 Å². The second kappa shape index (κ2) is 9.24. The molecule has 0 saturated heterocycles. The molecule has 24 heavy (non-hydrogen) atoms. The Kier molecular flexibility index (Phi) is 7.02. The third-order valence-electron chi connectivity index (χ3n) is 3.41. The van der Waals surface area contributed by atoms with Crippen LogP contribution in [0.2, 0.25) is 0 Å². The molecule has 6 nitrogen and oxygen atoms in total. The van der Waals surface area contributed by atoms with Crippen LogP contribution in [0.15, 0.2) is 29.1 Å². The van der Waals surface area contributed by atoms with Gasteiger partial charge in [-0.15, -0.1) is 11.3 Å². The fraction of sp³-hybridized carbons (Fsp3) is 0.412. The first kappa shape index (κ1) is 18.2. The van der Waals surface area contributed by atoms with Crippen molar-refractivity contribution in [3.05, 3.63) is 40.3 Å². The molecule has 0 bridgehead atoms. The number of nitrogens with one attached hydrogen (secondary N) is 2. The summed E-state index contributed by atoms with van der Waals surface area (Å²) in [5.41, 5.74) is 3.16. The van der Waals surface area contributed by atoms with Crippen molar-refractivity contribution in [2.45, 2.75) is 26.5 Å². The second-order valence-electron chi connectivity index (χ2n) is 5.30. The standard InChI is InChI=1S/C17H23N3O3S/c1-4-18-12(2)8-19-17(21)13-5-6-15(16(7-13)22-3)23-9-14-10-24-11-20-14/h5-7,10-12,18H,4,8-9H2,1-3H3,(H,19,21)/t12-/m1/s1. The number of likely N-dealkylation sites (N-methyl/N-ethyl adjacent to an activating group) is 1. The highest BCUT2D eigenvalue weighted by atomic mass is 32.1. The summed E-state index contributed by atoms with van der Waals surface area (Å²) >= 11 is 1.52. The Morgan fingerprint density at radius 3 is 2.88 bits per heavy atom. The van der Waals surface area contributed by atoms with Crippen molar-refractivity contribution in [2.24, 2.45) is 0 Å². The zero-order valence-electron chi connectivity index (χ0n) is 14.2. The monoisotopic (exact) mass is 349 g/mol. The number of hydrogen-bond acceptors (Lipinski definition) is 6. The Morgan fingerprint density at radius 2 is 2.21 bits per heavy atom. The summed E-state index contributed by atoms with van der Waals surface area (Å²) in [6, 6.07) is 5.38. The van der Waals surface area contributed by atoms with Gasteiger partial charge in [0.05, 0.1) is 18.3 Å². The van der Waals surface area contributed by atoms with Crippen molar-refractivity contribution in [1.29, 1.82) is 0 Å². The molecule has 0 radical (unpaired) electrons. The van der Waals surface area contributed by atoms with Crippen LogP contribution in [-0.2, 0) is 6.61 Å². The van der Waals surface area contributed by atoms with E-state index in [-0.39, 0.29) is 11.9 Å². The van der Waals surface area contributed by atoms with Crippen LogP contribution in [0.25, 0.3) is 0 Å². The SMILES string of the molecule is CCN[C@H](C)CNC(=O)c1ccc(OCc2cscn2)c(OC)c1. The number of nitrogens with zero attached hydrogens (tertiary/aromatic N) is 1. The lowest BCUT2D eigenvalue weighted by Crippen LogP contribution is -2.38. The lowest BCUT2D eigenvalue weighted by Gasteiger charge is -2.14. The molecule has 130 valence electrons. The average molecular weight is 349 g/mol. The maximum Gasteiger partial charge on any atom is 0.251 e. The van der Waals surface area contributed by atoms with Crippen LogP contribution >= 0.6 is 11.3 Å². The Hall–Kier alpha value is -2.12. The number of carbonyl (C=O) groups is 1. The molecule has 0 fully saturated rings. The Bertz CT molecular complexity index is 647. The summed E-state index contributed by atoms with van der Waals surface area (Å²) in [6.45, 7) is 5.87. The highest BCUT2D eigenvalue weighted by Crippen LogP contribution is 2.28. The third-order valence-corrected chi connectivity index (χ3v) is 4.04. The lowest BCUT2D eigenvalue weighted by molar-refractivity contribution is 0.0950. The molecule has 0 spiro atoms. The summed E-state index contributed by atoms with van der Waals surface area (Å²) in [5, 5.41) is 8.08. The molecule has 0 aliphatic rings. The number of amides is 1. The van der Waals surface area contributed by atoms with E-state index >= 15 is 0 Å². The van der Waals surface area contributed by atoms with Gasteiger partial charge in [-0.1, -0.05) is 6.92 Å².